The summed E-state index contributed by atoms with van der Waals surface area (Å²) in [5, 5.41) is 3.81. The predicted octanol–water partition coefficient (Wildman–Crippen LogP) is 4.08. The lowest BCUT2D eigenvalue weighted by Gasteiger charge is -2.30. The summed E-state index contributed by atoms with van der Waals surface area (Å²) in [5.41, 5.74) is 2.17. The molecule has 0 aliphatic carbocycles. The molecule has 23 heavy (non-hydrogen) atoms. The van der Waals surface area contributed by atoms with Crippen LogP contribution >= 0.6 is 23.2 Å². The zero-order valence-electron chi connectivity index (χ0n) is 12.4. The van der Waals surface area contributed by atoms with Gasteiger partial charge in [0.25, 0.3) is 5.91 Å². The lowest BCUT2D eigenvalue weighted by Crippen LogP contribution is -2.36. The van der Waals surface area contributed by atoms with Crippen molar-refractivity contribution in [1.82, 2.24) is 0 Å². The first kappa shape index (κ1) is 16.1. The van der Waals surface area contributed by atoms with E-state index in [1.54, 1.807) is 18.2 Å². The molecule has 4 nitrogen and oxygen atoms in total. The van der Waals surface area contributed by atoms with Crippen molar-refractivity contribution in [1.29, 1.82) is 0 Å². The molecule has 0 saturated carbocycles. The number of nitrogens with one attached hydrogen (secondary N) is 1. The molecule has 0 aromatic heterocycles. The molecule has 1 fully saturated rings. The van der Waals surface area contributed by atoms with E-state index in [2.05, 4.69) is 10.2 Å². The maximum atomic E-state index is 12.5. The summed E-state index contributed by atoms with van der Waals surface area (Å²) < 4.78 is 5.38. The standard InChI is InChI=1S/C17H16Cl2N2O2/c18-13-9-12(10-14(19)11-13)17(22)20-15-3-1-2-4-16(15)21-5-7-23-8-6-21/h1-4,9-11H,5-8H2,(H,20,22). The van der Waals surface area contributed by atoms with Gasteiger partial charge < -0.3 is 15.0 Å². The highest BCUT2D eigenvalue weighted by Gasteiger charge is 2.16. The molecule has 1 aliphatic heterocycles. The van der Waals surface area contributed by atoms with Crippen LogP contribution in [0.5, 0.6) is 0 Å². The van der Waals surface area contributed by atoms with Crippen molar-refractivity contribution in [3.63, 3.8) is 0 Å². The molecule has 3 rings (SSSR count). The summed E-state index contributed by atoms with van der Waals surface area (Å²) >= 11 is 11.9. The molecule has 6 heteroatoms. The van der Waals surface area contributed by atoms with Gasteiger partial charge in [-0.2, -0.15) is 0 Å². The van der Waals surface area contributed by atoms with Crippen LogP contribution in [0.3, 0.4) is 0 Å². The fourth-order valence-corrected chi connectivity index (χ4v) is 3.06. The molecule has 1 saturated heterocycles. The molecular weight excluding hydrogens is 335 g/mol. The molecular formula is C17H16Cl2N2O2. The second kappa shape index (κ2) is 7.21. The predicted molar refractivity (Wildman–Crippen MR) is 93.9 cm³/mol. The third-order valence-electron chi connectivity index (χ3n) is 3.63. The SMILES string of the molecule is O=C(Nc1ccccc1N1CCOCC1)c1cc(Cl)cc(Cl)c1. The van der Waals surface area contributed by atoms with Crippen molar-refractivity contribution in [2.75, 3.05) is 36.5 Å². The first-order chi connectivity index (χ1) is 11.1. The second-order valence-electron chi connectivity index (χ2n) is 5.23. The first-order valence-corrected chi connectivity index (χ1v) is 8.08. The Labute approximate surface area is 144 Å². The number of para-hydroxylation sites is 2. The summed E-state index contributed by atoms with van der Waals surface area (Å²) in [7, 11) is 0. The molecule has 0 bridgehead atoms. The van der Waals surface area contributed by atoms with Gasteiger partial charge in [0.2, 0.25) is 0 Å². The van der Waals surface area contributed by atoms with Gasteiger partial charge in [-0.1, -0.05) is 35.3 Å². The van der Waals surface area contributed by atoms with E-state index in [1.165, 1.54) is 0 Å². The molecule has 1 aliphatic rings. The molecule has 2 aromatic rings. The van der Waals surface area contributed by atoms with Crippen molar-refractivity contribution in [2.24, 2.45) is 0 Å². The van der Waals surface area contributed by atoms with E-state index < -0.39 is 0 Å². The van der Waals surface area contributed by atoms with Gasteiger partial charge in [0.15, 0.2) is 0 Å². The van der Waals surface area contributed by atoms with Crippen LogP contribution in [0.1, 0.15) is 10.4 Å². The summed E-state index contributed by atoms with van der Waals surface area (Å²) in [4.78, 5) is 14.7. The van der Waals surface area contributed by atoms with Crippen LogP contribution in [-0.4, -0.2) is 32.2 Å². The number of hydrogen-bond acceptors (Lipinski definition) is 3. The van der Waals surface area contributed by atoms with E-state index in [0.29, 0.717) is 28.8 Å². The van der Waals surface area contributed by atoms with Crippen molar-refractivity contribution in [2.45, 2.75) is 0 Å². The lowest BCUT2D eigenvalue weighted by molar-refractivity contribution is 0.102. The van der Waals surface area contributed by atoms with Crippen molar-refractivity contribution in [3.8, 4) is 0 Å². The average molecular weight is 351 g/mol. The Kier molecular flexibility index (Phi) is 5.06. The third kappa shape index (κ3) is 3.96. The van der Waals surface area contributed by atoms with Crippen LogP contribution in [0, 0.1) is 0 Å². The summed E-state index contributed by atoms with van der Waals surface area (Å²) in [5.74, 6) is -0.241. The Balaban J connectivity index is 1.83. The number of benzene rings is 2. The first-order valence-electron chi connectivity index (χ1n) is 7.32. The number of nitrogens with zero attached hydrogens (tertiary/aromatic N) is 1. The van der Waals surface area contributed by atoms with Crippen molar-refractivity contribution >= 4 is 40.5 Å². The smallest absolute Gasteiger partial charge is 0.255 e. The molecule has 1 heterocycles. The van der Waals surface area contributed by atoms with Crippen LogP contribution in [0.4, 0.5) is 11.4 Å². The van der Waals surface area contributed by atoms with Crippen LogP contribution in [-0.2, 0) is 4.74 Å². The molecule has 2 aromatic carbocycles. The van der Waals surface area contributed by atoms with Gasteiger partial charge >= 0.3 is 0 Å². The molecule has 0 unspecified atom stereocenters. The minimum absolute atomic E-state index is 0.241. The van der Waals surface area contributed by atoms with Gasteiger partial charge in [-0.25, -0.2) is 0 Å². The number of carbonyl (C=O) groups is 1. The number of amides is 1. The Hall–Kier alpha value is -1.75. The van der Waals surface area contributed by atoms with E-state index in [-0.39, 0.29) is 5.91 Å². The quantitative estimate of drug-likeness (QED) is 0.906. The maximum absolute atomic E-state index is 12.5. The molecule has 120 valence electrons. The zero-order chi connectivity index (χ0) is 16.2. The number of halogens is 2. The molecule has 0 atom stereocenters. The minimum Gasteiger partial charge on any atom is -0.378 e. The highest BCUT2D eigenvalue weighted by atomic mass is 35.5. The topological polar surface area (TPSA) is 41.6 Å². The normalized spacial score (nSPS) is 14.6. The monoisotopic (exact) mass is 350 g/mol. The largest absolute Gasteiger partial charge is 0.378 e. The van der Waals surface area contributed by atoms with E-state index in [1.807, 2.05) is 24.3 Å². The number of hydrogen-bond donors (Lipinski definition) is 1. The van der Waals surface area contributed by atoms with Crippen LogP contribution in [0.25, 0.3) is 0 Å². The fourth-order valence-electron chi connectivity index (χ4n) is 2.54. The third-order valence-corrected chi connectivity index (χ3v) is 4.07. The molecule has 1 amide bonds. The minimum atomic E-state index is -0.241. The summed E-state index contributed by atoms with van der Waals surface area (Å²) in [6, 6.07) is 12.5. The van der Waals surface area contributed by atoms with E-state index in [9.17, 15) is 4.79 Å². The Morgan fingerprint density at radius 3 is 2.39 bits per heavy atom. The number of morpholine rings is 1. The van der Waals surface area contributed by atoms with Gasteiger partial charge in [0.05, 0.1) is 24.6 Å². The van der Waals surface area contributed by atoms with Crippen LogP contribution < -0.4 is 10.2 Å². The second-order valence-corrected chi connectivity index (χ2v) is 6.10. The van der Waals surface area contributed by atoms with E-state index in [4.69, 9.17) is 27.9 Å². The Bertz CT molecular complexity index is 695. The summed E-state index contributed by atoms with van der Waals surface area (Å²) in [6.45, 7) is 2.98. The Morgan fingerprint density at radius 1 is 1.04 bits per heavy atom. The Morgan fingerprint density at radius 2 is 1.70 bits per heavy atom. The van der Waals surface area contributed by atoms with Gasteiger partial charge in [0.1, 0.15) is 0 Å². The lowest BCUT2D eigenvalue weighted by atomic mass is 10.2. The maximum Gasteiger partial charge on any atom is 0.255 e. The van der Waals surface area contributed by atoms with Crippen LogP contribution in [0.15, 0.2) is 42.5 Å². The van der Waals surface area contributed by atoms with E-state index >= 15 is 0 Å². The van der Waals surface area contributed by atoms with Crippen LogP contribution in [0.2, 0.25) is 10.0 Å². The average Bonchev–Trinajstić information content (AvgIpc) is 2.55. The molecule has 1 N–H and O–H groups in total. The van der Waals surface area contributed by atoms with Gasteiger partial charge in [0, 0.05) is 28.7 Å². The number of rotatable bonds is 3. The summed E-state index contributed by atoms with van der Waals surface area (Å²) in [6.07, 6.45) is 0. The number of ether oxygens (including phenoxy) is 1. The molecule has 0 radical (unpaired) electrons. The van der Waals surface area contributed by atoms with Crippen molar-refractivity contribution in [3.05, 3.63) is 58.1 Å². The van der Waals surface area contributed by atoms with Gasteiger partial charge in [-0.05, 0) is 30.3 Å². The van der Waals surface area contributed by atoms with Gasteiger partial charge in [-0.3, -0.25) is 4.79 Å². The molecule has 0 spiro atoms. The highest BCUT2D eigenvalue weighted by molar-refractivity contribution is 6.35. The zero-order valence-corrected chi connectivity index (χ0v) is 13.9. The van der Waals surface area contributed by atoms with Gasteiger partial charge in [-0.15, -0.1) is 0 Å². The fraction of sp³-hybridized carbons (Fsp3) is 0.235. The number of carbonyl (C=O) groups excluding carboxylic acids is 1. The number of anilines is 2. The highest BCUT2D eigenvalue weighted by Crippen LogP contribution is 2.27. The van der Waals surface area contributed by atoms with E-state index in [0.717, 1.165) is 24.5 Å². The van der Waals surface area contributed by atoms with Crippen molar-refractivity contribution < 1.29 is 9.53 Å².